The highest BCUT2D eigenvalue weighted by Gasteiger charge is 2.09. The molecule has 0 amide bonds. The monoisotopic (exact) mass is 205 g/mol. The van der Waals surface area contributed by atoms with Crippen molar-refractivity contribution >= 4 is 5.69 Å². The van der Waals surface area contributed by atoms with Crippen LogP contribution in [0.4, 0.5) is 5.69 Å². The molecule has 0 radical (unpaired) electrons. The van der Waals surface area contributed by atoms with Gasteiger partial charge in [0, 0.05) is 12.2 Å². The Kier molecular flexibility index (Phi) is 3.78. The van der Waals surface area contributed by atoms with E-state index in [2.05, 4.69) is 58.1 Å². The molecule has 0 spiro atoms. The zero-order chi connectivity index (χ0) is 11.5. The molecule has 1 aromatic carbocycles. The first kappa shape index (κ1) is 12.1. The highest BCUT2D eigenvalue weighted by atomic mass is 14.9. The van der Waals surface area contributed by atoms with Crippen LogP contribution in [0.25, 0.3) is 0 Å². The Morgan fingerprint density at radius 3 is 2.07 bits per heavy atom. The van der Waals surface area contributed by atoms with Gasteiger partial charge in [-0.2, -0.15) is 0 Å². The molecule has 0 bridgehead atoms. The molecule has 0 aliphatic carbocycles. The van der Waals surface area contributed by atoms with Crippen LogP contribution in [0.3, 0.4) is 0 Å². The minimum atomic E-state index is 0.406. The van der Waals surface area contributed by atoms with Crippen molar-refractivity contribution in [3.63, 3.8) is 0 Å². The Labute approximate surface area is 93.9 Å². The maximum absolute atomic E-state index is 3.54. The van der Waals surface area contributed by atoms with Crippen LogP contribution in [0.2, 0.25) is 0 Å². The van der Waals surface area contributed by atoms with E-state index in [4.69, 9.17) is 0 Å². The van der Waals surface area contributed by atoms with Gasteiger partial charge in [0.25, 0.3) is 0 Å². The lowest BCUT2D eigenvalue weighted by atomic mass is 9.92. The van der Waals surface area contributed by atoms with Crippen LogP contribution < -0.4 is 5.32 Å². The number of hydrogen-bond donors (Lipinski definition) is 1. The van der Waals surface area contributed by atoms with Crippen molar-refractivity contribution in [2.75, 3.05) is 11.9 Å². The van der Waals surface area contributed by atoms with E-state index in [1.54, 1.807) is 0 Å². The van der Waals surface area contributed by atoms with Gasteiger partial charge in [-0.05, 0) is 36.8 Å². The Morgan fingerprint density at radius 1 is 1.07 bits per heavy atom. The molecule has 1 heteroatoms. The van der Waals surface area contributed by atoms with Crippen LogP contribution in [-0.4, -0.2) is 6.54 Å². The molecule has 1 N–H and O–H groups in total. The third-order valence-electron chi connectivity index (χ3n) is 2.66. The van der Waals surface area contributed by atoms with Crippen molar-refractivity contribution in [3.8, 4) is 0 Å². The third-order valence-corrected chi connectivity index (χ3v) is 2.66. The predicted octanol–water partition coefficient (Wildman–Crippen LogP) is 4.15. The van der Waals surface area contributed by atoms with Gasteiger partial charge in [-0.25, -0.2) is 0 Å². The standard InChI is InChI=1S/C14H23N/c1-11-7-6-8-12(2)13(11)15-10-9-14(3,4)5/h6-8,15H,9-10H2,1-5H3. The first-order chi connectivity index (χ1) is 6.90. The molecule has 0 heterocycles. The highest BCUT2D eigenvalue weighted by Crippen LogP contribution is 2.22. The van der Waals surface area contributed by atoms with E-state index < -0.39 is 0 Å². The minimum absolute atomic E-state index is 0.406. The molecule has 84 valence electrons. The summed E-state index contributed by atoms with van der Waals surface area (Å²) in [6.07, 6.45) is 1.20. The first-order valence-electron chi connectivity index (χ1n) is 5.70. The summed E-state index contributed by atoms with van der Waals surface area (Å²) in [4.78, 5) is 0. The molecule has 0 unspecified atom stereocenters. The third kappa shape index (κ3) is 3.94. The van der Waals surface area contributed by atoms with Gasteiger partial charge in [0.05, 0.1) is 0 Å². The Bertz CT molecular complexity index is 300. The van der Waals surface area contributed by atoms with Gasteiger partial charge in [-0.15, -0.1) is 0 Å². The lowest BCUT2D eigenvalue weighted by molar-refractivity contribution is 0.389. The fourth-order valence-corrected chi connectivity index (χ4v) is 1.66. The van der Waals surface area contributed by atoms with Crippen molar-refractivity contribution in [1.82, 2.24) is 0 Å². The van der Waals surface area contributed by atoms with Gasteiger partial charge < -0.3 is 5.32 Å². The van der Waals surface area contributed by atoms with E-state index in [1.165, 1.54) is 23.2 Å². The van der Waals surface area contributed by atoms with E-state index >= 15 is 0 Å². The van der Waals surface area contributed by atoms with Crippen LogP contribution in [0.5, 0.6) is 0 Å². The van der Waals surface area contributed by atoms with Crippen molar-refractivity contribution in [2.24, 2.45) is 5.41 Å². The molecular formula is C14H23N. The molecular weight excluding hydrogens is 182 g/mol. The van der Waals surface area contributed by atoms with Gasteiger partial charge in [0.15, 0.2) is 0 Å². The largest absolute Gasteiger partial charge is 0.385 e. The number of hydrogen-bond acceptors (Lipinski definition) is 1. The average Bonchev–Trinajstić information content (AvgIpc) is 2.08. The molecule has 1 rings (SSSR count). The van der Waals surface area contributed by atoms with E-state index in [-0.39, 0.29) is 0 Å². The number of aryl methyl sites for hydroxylation is 2. The van der Waals surface area contributed by atoms with E-state index in [1.807, 2.05) is 0 Å². The van der Waals surface area contributed by atoms with Crippen molar-refractivity contribution in [2.45, 2.75) is 41.0 Å². The number of para-hydroxylation sites is 1. The number of benzene rings is 1. The maximum atomic E-state index is 3.54. The topological polar surface area (TPSA) is 12.0 Å². The lowest BCUT2D eigenvalue weighted by Crippen LogP contribution is -2.13. The summed E-state index contributed by atoms with van der Waals surface area (Å²) in [6.45, 7) is 12.2. The molecule has 15 heavy (non-hydrogen) atoms. The number of anilines is 1. The Morgan fingerprint density at radius 2 is 1.60 bits per heavy atom. The second-order valence-electron chi connectivity index (χ2n) is 5.50. The quantitative estimate of drug-likeness (QED) is 0.781. The van der Waals surface area contributed by atoms with Gasteiger partial charge in [-0.1, -0.05) is 39.0 Å². The van der Waals surface area contributed by atoms with Crippen LogP contribution in [0.15, 0.2) is 18.2 Å². The van der Waals surface area contributed by atoms with Gasteiger partial charge >= 0.3 is 0 Å². The molecule has 0 fully saturated rings. The predicted molar refractivity (Wildman–Crippen MR) is 68.5 cm³/mol. The summed E-state index contributed by atoms with van der Waals surface area (Å²) >= 11 is 0. The van der Waals surface area contributed by atoms with Crippen LogP contribution in [-0.2, 0) is 0 Å². The van der Waals surface area contributed by atoms with Crippen LogP contribution in [0, 0.1) is 19.3 Å². The first-order valence-corrected chi connectivity index (χ1v) is 5.70. The molecule has 0 aliphatic heterocycles. The fourth-order valence-electron chi connectivity index (χ4n) is 1.66. The van der Waals surface area contributed by atoms with Gasteiger partial charge in [0.1, 0.15) is 0 Å². The van der Waals surface area contributed by atoms with Crippen LogP contribution >= 0.6 is 0 Å². The number of rotatable bonds is 3. The van der Waals surface area contributed by atoms with E-state index in [0.29, 0.717) is 5.41 Å². The second kappa shape index (κ2) is 4.69. The highest BCUT2D eigenvalue weighted by molar-refractivity contribution is 5.56. The SMILES string of the molecule is Cc1cccc(C)c1NCCC(C)(C)C. The lowest BCUT2D eigenvalue weighted by Gasteiger charge is -2.20. The molecule has 0 aromatic heterocycles. The van der Waals surface area contributed by atoms with Crippen LogP contribution in [0.1, 0.15) is 38.3 Å². The average molecular weight is 205 g/mol. The normalized spacial score (nSPS) is 11.5. The summed E-state index contributed by atoms with van der Waals surface area (Å²) in [5.74, 6) is 0. The molecule has 0 saturated heterocycles. The van der Waals surface area contributed by atoms with Gasteiger partial charge in [-0.3, -0.25) is 0 Å². The maximum Gasteiger partial charge on any atom is 0.0399 e. The molecule has 1 aromatic rings. The molecule has 0 aliphatic rings. The van der Waals surface area contributed by atoms with E-state index in [9.17, 15) is 0 Å². The van der Waals surface area contributed by atoms with Crippen molar-refractivity contribution in [1.29, 1.82) is 0 Å². The Balaban J connectivity index is 2.58. The van der Waals surface area contributed by atoms with E-state index in [0.717, 1.165) is 6.54 Å². The minimum Gasteiger partial charge on any atom is -0.385 e. The molecule has 0 atom stereocenters. The second-order valence-corrected chi connectivity index (χ2v) is 5.50. The zero-order valence-electron chi connectivity index (χ0n) is 10.6. The summed E-state index contributed by atoms with van der Waals surface area (Å²) in [6, 6.07) is 6.43. The summed E-state index contributed by atoms with van der Waals surface area (Å²) in [7, 11) is 0. The zero-order valence-corrected chi connectivity index (χ0v) is 10.6. The number of nitrogens with one attached hydrogen (secondary N) is 1. The van der Waals surface area contributed by atoms with Crippen molar-refractivity contribution < 1.29 is 0 Å². The summed E-state index contributed by atoms with van der Waals surface area (Å²) in [5.41, 5.74) is 4.39. The molecule has 1 nitrogen and oxygen atoms in total. The Hall–Kier alpha value is -0.980. The van der Waals surface area contributed by atoms with Gasteiger partial charge in [0.2, 0.25) is 0 Å². The summed E-state index contributed by atoms with van der Waals surface area (Å²) < 4.78 is 0. The molecule has 0 saturated carbocycles. The smallest absolute Gasteiger partial charge is 0.0399 e. The fraction of sp³-hybridized carbons (Fsp3) is 0.571. The van der Waals surface area contributed by atoms with Crippen molar-refractivity contribution in [3.05, 3.63) is 29.3 Å². The summed E-state index contributed by atoms with van der Waals surface area (Å²) in [5, 5.41) is 3.54.